The molecule has 2 N–H and O–H groups in total. The average molecular weight is 508 g/mol. The third kappa shape index (κ3) is 6.59. The molecule has 1 saturated heterocycles. The number of aryl methyl sites for hydroxylation is 1. The van der Waals surface area contributed by atoms with E-state index >= 15 is 0 Å². The van der Waals surface area contributed by atoms with Crippen LogP contribution in [0.3, 0.4) is 0 Å². The van der Waals surface area contributed by atoms with Crippen LogP contribution in [0.25, 0.3) is 5.57 Å². The van der Waals surface area contributed by atoms with Crippen LogP contribution < -0.4 is 10.6 Å². The number of piperazine rings is 1. The third-order valence-corrected chi connectivity index (χ3v) is 6.86. The third-order valence-electron chi connectivity index (χ3n) is 6.86. The zero-order valence-corrected chi connectivity index (χ0v) is 21.9. The van der Waals surface area contributed by atoms with Gasteiger partial charge in [0.05, 0.1) is 6.54 Å². The largest absolute Gasteiger partial charge is 0.324 e. The smallest absolute Gasteiger partial charge is 0.255 e. The van der Waals surface area contributed by atoms with Crippen LogP contribution in [0.2, 0.25) is 0 Å². The first-order valence-corrected chi connectivity index (χ1v) is 12.9. The maximum atomic E-state index is 12.9. The summed E-state index contributed by atoms with van der Waals surface area (Å²) in [6.07, 6.45) is 7.28. The number of hydrogen-bond donors (Lipinski definition) is 2. The molecule has 38 heavy (non-hydrogen) atoms. The lowest BCUT2D eigenvalue weighted by Gasteiger charge is -2.32. The summed E-state index contributed by atoms with van der Waals surface area (Å²) in [5.74, 6) is 0.378. The Hall–Kier alpha value is -4.14. The maximum Gasteiger partial charge on any atom is 0.255 e. The van der Waals surface area contributed by atoms with Gasteiger partial charge in [-0.25, -0.2) is 9.98 Å². The Bertz CT molecular complexity index is 1360. The lowest BCUT2D eigenvalue weighted by Crippen LogP contribution is -2.43. The van der Waals surface area contributed by atoms with Gasteiger partial charge in [-0.1, -0.05) is 24.3 Å². The number of benzene rings is 2. The Morgan fingerprint density at radius 1 is 1.03 bits per heavy atom. The number of guanidine groups is 1. The number of likely N-dealkylation sites (N-methyl/N-ethyl adjacent to an activating group) is 1. The van der Waals surface area contributed by atoms with Crippen LogP contribution in [0.4, 0.5) is 11.4 Å². The maximum absolute atomic E-state index is 12.9. The van der Waals surface area contributed by atoms with Gasteiger partial charge in [0.2, 0.25) is 5.96 Å². The van der Waals surface area contributed by atoms with Gasteiger partial charge in [0.1, 0.15) is 0 Å². The van der Waals surface area contributed by atoms with Crippen LogP contribution in [0.15, 0.2) is 83.1 Å². The molecule has 0 bridgehead atoms. The Labute approximate surface area is 223 Å². The van der Waals surface area contributed by atoms with Crippen molar-refractivity contribution >= 4 is 35.0 Å². The molecule has 3 heterocycles. The number of hydrogen-bond acceptors (Lipinski definition) is 7. The van der Waals surface area contributed by atoms with Gasteiger partial charge in [-0.2, -0.15) is 0 Å². The molecule has 1 fully saturated rings. The molecule has 8 heteroatoms. The molecular weight excluding hydrogens is 474 g/mol. The minimum Gasteiger partial charge on any atom is -0.324 e. The lowest BCUT2D eigenvalue weighted by atomic mass is 10.1. The molecule has 2 aromatic carbocycles. The normalized spacial score (nSPS) is 16.4. The molecule has 2 aliphatic heterocycles. The van der Waals surface area contributed by atoms with Crippen LogP contribution in [0.5, 0.6) is 0 Å². The second-order valence-corrected chi connectivity index (χ2v) is 9.74. The summed E-state index contributed by atoms with van der Waals surface area (Å²) in [6, 6.07) is 17.6. The van der Waals surface area contributed by atoms with Gasteiger partial charge in [-0.05, 0) is 72.6 Å². The number of anilines is 2. The highest BCUT2D eigenvalue weighted by molar-refractivity contribution is 6.06. The van der Waals surface area contributed by atoms with E-state index in [0.717, 1.165) is 55.1 Å². The molecule has 0 radical (unpaired) electrons. The Balaban J connectivity index is 1.20. The fraction of sp³-hybridized carbons (Fsp3) is 0.267. The van der Waals surface area contributed by atoms with Crippen molar-refractivity contribution < 1.29 is 4.79 Å². The number of aromatic nitrogens is 1. The van der Waals surface area contributed by atoms with Gasteiger partial charge in [-0.3, -0.25) is 14.7 Å². The summed E-state index contributed by atoms with van der Waals surface area (Å²) in [5, 5.41) is 6.33. The van der Waals surface area contributed by atoms with Crippen molar-refractivity contribution in [3.8, 4) is 0 Å². The van der Waals surface area contributed by atoms with Crippen molar-refractivity contribution in [1.29, 1.82) is 0 Å². The van der Waals surface area contributed by atoms with Crippen molar-refractivity contribution in [3.63, 3.8) is 0 Å². The molecule has 2 aliphatic rings. The van der Waals surface area contributed by atoms with E-state index in [0.29, 0.717) is 23.8 Å². The van der Waals surface area contributed by atoms with Gasteiger partial charge in [-0.15, -0.1) is 0 Å². The van der Waals surface area contributed by atoms with Gasteiger partial charge >= 0.3 is 0 Å². The highest BCUT2D eigenvalue weighted by Gasteiger charge is 2.15. The summed E-state index contributed by atoms with van der Waals surface area (Å²) in [5.41, 5.74) is 6.50. The van der Waals surface area contributed by atoms with E-state index in [4.69, 9.17) is 0 Å². The van der Waals surface area contributed by atoms with Crippen LogP contribution in [-0.2, 0) is 6.54 Å². The second-order valence-electron chi connectivity index (χ2n) is 9.74. The molecule has 0 atom stereocenters. The number of rotatable bonds is 6. The molecule has 194 valence electrons. The molecule has 5 rings (SSSR count). The topological polar surface area (TPSA) is 85.2 Å². The number of aliphatic imine (C=N–C) groups is 2. The molecular formula is C30H33N7O. The molecule has 8 nitrogen and oxygen atoms in total. The summed E-state index contributed by atoms with van der Waals surface area (Å²) in [7, 11) is 2.16. The first-order chi connectivity index (χ1) is 18.5. The van der Waals surface area contributed by atoms with Crippen LogP contribution in [0, 0.1) is 6.92 Å². The average Bonchev–Trinajstić information content (AvgIpc) is 3.18. The van der Waals surface area contributed by atoms with Crippen molar-refractivity contribution in [1.82, 2.24) is 14.8 Å². The van der Waals surface area contributed by atoms with Gasteiger partial charge in [0.15, 0.2) is 0 Å². The first kappa shape index (κ1) is 25.5. The molecule has 3 aromatic rings. The zero-order valence-electron chi connectivity index (χ0n) is 21.9. The van der Waals surface area contributed by atoms with E-state index in [9.17, 15) is 4.79 Å². The SMILES string of the molecule is Cc1ccc(NC(=O)c2ccc(CN3CCN(C)CC3)cc2)cc1NC1=NCC(c2cccnc2)=CC=N1. The second kappa shape index (κ2) is 11.9. The van der Waals surface area contributed by atoms with Crippen molar-refractivity contribution in [2.45, 2.75) is 13.5 Å². The first-order valence-electron chi connectivity index (χ1n) is 12.9. The Kier molecular flexibility index (Phi) is 8.01. The predicted octanol–water partition coefficient (Wildman–Crippen LogP) is 4.33. The number of pyridine rings is 1. The molecule has 0 spiro atoms. The quantitative estimate of drug-likeness (QED) is 0.519. The van der Waals surface area contributed by atoms with Crippen LogP contribution >= 0.6 is 0 Å². The van der Waals surface area contributed by atoms with E-state index in [1.807, 2.05) is 73.8 Å². The molecule has 0 aliphatic carbocycles. The number of allylic oxidation sites excluding steroid dienone is 1. The predicted molar refractivity (Wildman–Crippen MR) is 155 cm³/mol. The number of nitrogens with one attached hydrogen (secondary N) is 2. The number of carbonyl (C=O) groups excluding carboxylic acids is 1. The number of amides is 1. The summed E-state index contributed by atoms with van der Waals surface area (Å²) >= 11 is 0. The molecule has 1 amide bonds. The van der Waals surface area contributed by atoms with Gasteiger partial charge in [0.25, 0.3) is 5.91 Å². The monoisotopic (exact) mass is 507 g/mol. The van der Waals surface area contributed by atoms with Gasteiger partial charge < -0.3 is 15.5 Å². The minimum atomic E-state index is -0.138. The van der Waals surface area contributed by atoms with Gasteiger partial charge in [0, 0.05) is 68.3 Å². The standard InChI is InChI=1S/C30H33N7O/c1-22-5-10-27(18-28(22)35-30-32-13-11-26(20-33-30)25-4-3-12-31-19-25)34-29(38)24-8-6-23(7-9-24)21-37-16-14-36(2)15-17-37/h3-13,18-19H,14-17,20-21H2,1-2H3,(H,33,35)(H,34,38). The molecule has 0 unspecified atom stereocenters. The summed E-state index contributed by atoms with van der Waals surface area (Å²) < 4.78 is 0. The summed E-state index contributed by atoms with van der Waals surface area (Å²) in [4.78, 5) is 31.0. The lowest BCUT2D eigenvalue weighted by molar-refractivity contribution is 0.102. The van der Waals surface area contributed by atoms with E-state index < -0.39 is 0 Å². The Morgan fingerprint density at radius 3 is 2.61 bits per heavy atom. The number of nitrogens with zero attached hydrogens (tertiary/aromatic N) is 5. The van der Waals surface area contributed by atoms with E-state index in [1.54, 1.807) is 12.4 Å². The van der Waals surface area contributed by atoms with E-state index in [1.165, 1.54) is 5.56 Å². The van der Waals surface area contributed by atoms with E-state index in [-0.39, 0.29) is 5.91 Å². The van der Waals surface area contributed by atoms with Crippen molar-refractivity contribution in [3.05, 3.63) is 95.3 Å². The minimum absolute atomic E-state index is 0.138. The highest BCUT2D eigenvalue weighted by atomic mass is 16.1. The Morgan fingerprint density at radius 2 is 1.84 bits per heavy atom. The molecule has 0 saturated carbocycles. The van der Waals surface area contributed by atoms with Crippen LogP contribution in [-0.4, -0.2) is 72.6 Å². The number of carbonyl (C=O) groups is 1. The van der Waals surface area contributed by atoms with E-state index in [2.05, 4.69) is 42.4 Å². The highest BCUT2D eigenvalue weighted by Crippen LogP contribution is 2.22. The molecule has 1 aromatic heterocycles. The fourth-order valence-electron chi connectivity index (χ4n) is 4.45. The zero-order chi connectivity index (χ0) is 26.3. The fourth-order valence-corrected chi connectivity index (χ4v) is 4.45. The summed E-state index contributed by atoms with van der Waals surface area (Å²) in [6.45, 7) is 7.74. The van der Waals surface area contributed by atoms with Crippen LogP contribution in [0.1, 0.15) is 27.0 Å². The van der Waals surface area contributed by atoms with Crippen molar-refractivity contribution in [2.24, 2.45) is 9.98 Å². The van der Waals surface area contributed by atoms with Crippen molar-refractivity contribution in [2.75, 3.05) is 50.4 Å².